The number of ether oxygens (including phenoxy) is 1. The molecule has 1 saturated heterocycles. The van der Waals surface area contributed by atoms with Gasteiger partial charge in [0.25, 0.3) is 5.91 Å². The SMILES string of the molecule is O=C(c1cccnc1)N1CCN(CCOCC(O)c2ccc3sccc3c2)CC1. The summed E-state index contributed by atoms with van der Waals surface area (Å²) in [6.45, 7) is 4.71. The van der Waals surface area contributed by atoms with Gasteiger partial charge >= 0.3 is 0 Å². The van der Waals surface area contributed by atoms with Crippen molar-refractivity contribution in [2.75, 3.05) is 45.9 Å². The molecule has 1 aliphatic rings. The third-order valence-corrected chi connectivity index (χ3v) is 6.15. The minimum Gasteiger partial charge on any atom is -0.386 e. The largest absolute Gasteiger partial charge is 0.386 e. The molecule has 1 aromatic carbocycles. The molecule has 6 nitrogen and oxygen atoms in total. The number of rotatable bonds is 7. The fraction of sp³-hybridized carbons (Fsp3) is 0.364. The van der Waals surface area contributed by atoms with Crippen molar-refractivity contribution in [1.29, 1.82) is 0 Å². The Balaban J connectivity index is 1.17. The monoisotopic (exact) mass is 411 g/mol. The van der Waals surface area contributed by atoms with Gasteiger partial charge in [-0.1, -0.05) is 6.07 Å². The van der Waals surface area contributed by atoms with E-state index in [2.05, 4.69) is 21.3 Å². The number of fused-ring (bicyclic) bond motifs is 1. The summed E-state index contributed by atoms with van der Waals surface area (Å²) in [6, 6.07) is 11.7. The van der Waals surface area contributed by atoms with Crippen LogP contribution in [0.4, 0.5) is 0 Å². The van der Waals surface area contributed by atoms with Gasteiger partial charge in [-0.3, -0.25) is 14.7 Å². The predicted octanol–water partition coefficient (Wildman–Crippen LogP) is 2.80. The van der Waals surface area contributed by atoms with Crippen LogP contribution < -0.4 is 0 Å². The first-order valence-corrected chi connectivity index (χ1v) is 10.7. The van der Waals surface area contributed by atoms with Gasteiger partial charge in [0, 0.05) is 49.8 Å². The van der Waals surface area contributed by atoms with Crippen LogP contribution in [-0.4, -0.2) is 71.7 Å². The number of carbonyl (C=O) groups excluding carboxylic acids is 1. The van der Waals surface area contributed by atoms with Crippen LogP contribution in [0.3, 0.4) is 0 Å². The van der Waals surface area contributed by atoms with E-state index in [1.807, 2.05) is 23.1 Å². The molecular weight excluding hydrogens is 386 g/mol. The average molecular weight is 412 g/mol. The van der Waals surface area contributed by atoms with Gasteiger partial charge in [0.15, 0.2) is 0 Å². The van der Waals surface area contributed by atoms with Gasteiger partial charge in [-0.15, -0.1) is 11.3 Å². The number of aliphatic hydroxyl groups is 1. The minimum absolute atomic E-state index is 0.0414. The number of pyridine rings is 1. The quantitative estimate of drug-likeness (QED) is 0.606. The van der Waals surface area contributed by atoms with Crippen LogP contribution in [0.2, 0.25) is 0 Å². The smallest absolute Gasteiger partial charge is 0.255 e. The molecule has 0 aliphatic carbocycles. The summed E-state index contributed by atoms with van der Waals surface area (Å²) >= 11 is 1.70. The maximum Gasteiger partial charge on any atom is 0.255 e. The Morgan fingerprint density at radius 3 is 2.86 bits per heavy atom. The van der Waals surface area contributed by atoms with Crippen LogP contribution >= 0.6 is 11.3 Å². The molecule has 0 spiro atoms. The zero-order valence-corrected chi connectivity index (χ0v) is 17.1. The normalized spacial score (nSPS) is 16.2. The average Bonchev–Trinajstić information content (AvgIpc) is 3.25. The molecular formula is C22H25N3O3S. The number of hydrogen-bond acceptors (Lipinski definition) is 6. The zero-order chi connectivity index (χ0) is 20.1. The summed E-state index contributed by atoms with van der Waals surface area (Å²) in [4.78, 5) is 20.6. The van der Waals surface area contributed by atoms with E-state index in [0.29, 0.717) is 25.3 Å². The highest BCUT2D eigenvalue weighted by atomic mass is 32.1. The van der Waals surface area contributed by atoms with E-state index in [0.717, 1.165) is 30.6 Å². The van der Waals surface area contributed by atoms with Crippen LogP contribution in [0.1, 0.15) is 22.0 Å². The Morgan fingerprint density at radius 2 is 2.07 bits per heavy atom. The second-order valence-electron chi connectivity index (χ2n) is 7.18. The Hall–Kier alpha value is -2.32. The van der Waals surface area contributed by atoms with E-state index in [9.17, 15) is 9.90 Å². The molecule has 3 heterocycles. The molecule has 0 radical (unpaired) electrons. The molecule has 29 heavy (non-hydrogen) atoms. The number of amides is 1. The second-order valence-corrected chi connectivity index (χ2v) is 8.13. The lowest BCUT2D eigenvalue weighted by Gasteiger charge is -2.34. The first-order chi connectivity index (χ1) is 14.2. The van der Waals surface area contributed by atoms with Gasteiger partial charge in [-0.2, -0.15) is 0 Å². The van der Waals surface area contributed by atoms with E-state index >= 15 is 0 Å². The summed E-state index contributed by atoms with van der Waals surface area (Å²) in [6.07, 6.45) is 2.67. The van der Waals surface area contributed by atoms with Crippen molar-refractivity contribution in [3.8, 4) is 0 Å². The predicted molar refractivity (Wildman–Crippen MR) is 114 cm³/mol. The van der Waals surface area contributed by atoms with Crippen molar-refractivity contribution in [1.82, 2.24) is 14.8 Å². The summed E-state index contributed by atoms with van der Waals surface area (Å²) in [5.74, 6) is 0.0414. The highest BCUT2D eigenvalue weighted by Gasteiger charge is 2.22. The number of benzene rings is 1. The van der Waals surface area contributed by atoms with E-state index in [-0.39, 0.29) is 12.5 Å². The van der Waals surface area contributed by atoms with Crippen molar-refractivity contribution in [3.63, 3.8) is 0 Å². The molecule has 7 heteroatoms. The fourth-order valence-electron chi connectivity index (χ4n) is 3.52. The van der Waals surface area contributed by atoms with Crippen LogP contribution in [0.15, 0.2) is 54.2 Å². The molecule has 0 bridgehead atoms. The Morgan fingerprint density at radius 1 is 1.21 bits per heavy atom. The van der Waals surface area contributed by atoms with E-state index in [4.69, 9.17) is 4.74 Å². The van der Waals surface area contributed by atoms with E-state index in [1.165, 1.54) is 4.70 Å². The number of aromatic nitrogens is 1. The van der Waals surface area contributed by atoms with Gasteiger partial charge < -0.3 is 14.7 Å². The lowest BCUT2D eigenvalue weighted by molar-refractivity contribution is 0.0199. The first kappa shape index (κ1) is 20.0. The molecule has 0 saturated carbocycles. The Labute approximate surface area is 174 Å². The summed E-state index contributed by atoms with van der Waals surface area (Å²) in [5.41, 5.74) is 1.53. The van der Waals surface area contributed by atoms with Crippen molar-refractivity contribution in [2.45, 2.75) is 6.10 Å². The van der Waals surface area contributed by atoms with Crippen LogP contribution in [0, 0.1) is 0 Å². The molecule has 2 aromatic heterocycles. The minimum atomic E-state index is -0.617. The molecule has 3 aromatic rings. The van der Waals surface area contributed by atoms with Gasteiger partial charge in [0.2, 0.25) is 0 Å². The third-order valence-electron chi connectivity index (χ3n) is 5.26. The lowest BCUT2D eigenvalue weighted by atomic mass is 10.1. The highest BCUT2D eigenvalue weighted by molar-refractivity contribution is 7.17. The lowest BCUT2D eigenvalue weighted by Crippen LogP contribution is -2.49. The number of nitrogens with zero attached hydrogens (tertiary/aromatic N) is 3. The molecule has 1 N–H and O–H groups in total. The highest BCUT2D eigenvalue weighted by Crippen LogP contribution is 2.24. The second kappa shape index (κ2) is 9.45. The molecule has 152 valence electrons. The van der Waals surface area contributed by atoms with Gasteiger partial charge in [0.1, 0.15) is 6.10 Å². The molecule has 4 rings (SSSR count). The zero-order valence-electron chi connectivity index (χ0n) is 16.2. The molecule has 1 aliphatic heterocycles. The van der Waals surface area contributed by atoms with Crippen LogP contribution in [0.25, 0.3) is 10.1 Å². The maximum absolute atomic E-state index is 12.5. The van der Waals surface area contributed by atoms with E-state index in [1.54, 1.807) is 35.9 Å². The Bertz CT molecular complexity index is 939. The summed E-state index contributed by atoms with van der Waals surface area (Å²) in [5, 5.41) is 13.6. The van der Waals surface area contributed by atoms with Gasteiger partial charge in [0.05, 0.1) is 18.8 Å². The van der Waals surface area contributed by atoms with Crippen LogP contribution in [-0.2, 0) is 4.74 Å². The van der Waals surface area contributed by atoms with Crippen LogP contribution in [0.5, 0.6) is 0 Å². The molecule has 1 amide bonds. The number of piperazine rings is 1. The number of thiophene rings is 1. The van der Waals surface area contributed by atoms with Crippen molar-refractivity contribution in [3.05, 3.63) is 65.3 Å². The standard InChI is InChI=1S/C22H25N3O3S/c26-20(17-3-4-21-18(14-17)5-13-29-21)16-28-12-11-24-7-9-25(10-8-24)22(27)19-2-1-6-23-15-19/h1-6,13-15,20,26H,7-12,16H2. The fourth-order valence-corrected chi connectivity index (χ4v) is 4.29. The van der Waals surface area contributed by atoms with Crippen molar-refractivity contribution >= 4 is 27.3 Å². The van der Waals surface area contributed by atoms with E-state index < -0.39 is 6.10 Å². The van der Waals surface area contributed by atoms with Gasteiger partial charge in [-0.05, 0) is 46.7 Å². The summed E-state index contributed by atoms with van der Waals surface area (Å²) in [7, 11) is 0. The molecule has 1 atom stereocenters. The topological polar surface area (TPSA) is 65.9 Å². The molecule has 1 unspecified atom stereocenters. The summed E-state index contributed by atoms with van der Waals surface area (Å²) < 4.78 is 6.94. The third kappa shape index (κ3) is 5.00. The maximum atomic E-state index is 12.5. The molecule has 1 fully saturated rings. The first-order valence-electron chi connectivity index (χ1n) is 9.85. The number of aliphatic hydroxyl groups excluding tert-OH is 1. The number of hydrogen-bond donors (Lipinski definition) is 1. The number of carbonyl (C=O) groups is 1. The van der Waals surface area contributed by atoms with Crippen molar-refractivity contribution in [2.24, 2.45) is 0 Å². The Kier molecular flexibility index (Phi) is 6.51. The van der Waals surface area contributed by atoms with Gasteiger partial charge in [-0.25, -0.2) is 0 Å². The van der Waals surface area contributed by atoms with Crippen molar-refractivity contribution < 1.29 is 14.6 Å².